The minimum Gasteiger partial charge on any atom is -0.356 e. The predicted octanol–water partition coefficient (Wildman–Crippen LogP) is 3.82. The number of likely N-dealkylation sites (tertiary alicyclic amines) is 1. The van der Waals surface area contributed by atoms with Crippen LogP contribution in [0.5, 0.6) is 0 Å². The zero-order valence-electron chi connectivity index (χ0n) is 15.9. The quantitative estimate of drug-likeness (QED) is 0.797. The molecule has 2 aromatic carbocycles. The van der Waals surface area contributed by atoms with Crippen molar-refractivity contribution >= 4 is 17.6 Å². The zero-order chi connectivity index (χ0) is 19.8. The molecule has 5 nitrogen and oxygen atoms in total. The van der Waals surface area contributed by atoms with E-state index < -0.39 is 0 Å². The Balaban J connectivity index is 1.34. The van der Waals surface area contributed by atoms with Gasteiger partial charge in [-0.1, -0.05) is 36.4 Å². The summed E-state index contributed by atoms with van der Waals surface area (Å²) in [5.74, 6) is -0.0295. The molecule has 0 aliphatic carbocycles. The van der Waals surface area contributed by atoms with E-state index in [1.54, 1.807) is 18.2 Å². The van der Waals surface area contributed by atoms with Gasteiger partial charge >= 0.3 is 6.03 Å². The van der Waals surface area contributed by atoms with E-state index >= 15 is 0 Å². The van der Waals surface area contributed by atoms with Crippen molar-refractivity contribution in [2.75, 3.05) is 25.0 Å². The van der Waals surface area contributed by atoms with E-state index in [0.717, 1.165) is 24.9 Å². The van der Waals surface area contributed by atoms with Crippen molar-refractivity contribution < 1.29 is 14.0 Å². The van der Waals surface area contributed by atoms with Crippen LogP contribution in [0.2, 0.25) is 0 Å². The molecule has 2 aromatic rings. The number of halogens is 1. The number of nitrogens with zero attached hydrogens (tertiary/aromatic N) is 1. The van der Waals surface area contributed by atoms with Gasteiger partial charge in [-0.05, 0) is 48.9 Å². The van der Waals surface area contributed by atoms with Gasteiger partial charge in [0.1, 0.15) is 5.82 Å². The number of carbonyl (C=O) groups is 2. The molecule has 2 N–H and O–H groups in total. The normalized spacial score (nSPS) is 14.5. The molecular weight excluding hydrogens is 357 g/mol. The Hall–Kier alpha value is -2.89. The number of hydrogen-bond acceptors (Lipinski definition) is 2. The highest BCUT2D eigenvalue weighted by Crippen LogP contribution is 2.21. The third kappa shape index (κ3) is 5.81. The maximum atomic E-state index is 13.6. The lowest BCUT2D eigenvalue weighted by atomic mass is 9.93. The van der Waals surface area contributed by atoms with Crippen molar-refractivity contribution in [3.8, 4) is 0 Å². The van der Waals surface area contributed by atoms with Gasteiger partial charge in [0.05, 0.1) is 6.42 Å². The molecule has 1 aliphatic rings. The van der Waals surface area contributed by atoms with E-state index in [-0.39, 0.29) is 24.2 Å². The SMILES string of the molecule is O=C(Cc1ccccc1F)NCCC1CCN(C(=O)Nc2ccccc2)CC1. The summed E-state index contributed by atoms with van der Waals surface area (Å²) in [6, 6.07) is 15.7. The molecule has 1 saturated heterocycles. The van der Waals surface area contributed by atoms with Crippen LogP contribution in [0.25, 0.3) is 0 Å². The Morgan fingerprint density at radius 2 is 1.68 bits per heavy atom. The molecule has 3 amide bonds. The molecule has 0 spiro atoms. The van der Waals surface area contributed by atoms with E-state index in [2.05, 4.69) is 10.6 Å². The molecule has 1 aliphatic heterocycles. The smallest absolute Gasteiger partial charge is 0.321 e. The van der Waals surface area contributed by atoms with Crippen LogP contribution in [0.4, 0.5) is 14.9 Å². The Kier molecular flexibility index (Phi) is 7.00. The molecule has 0 saturated carbocycles. The summed E-state index contributed by atoms with van der Waals surface area (Å²) in [7, 11) is 0. The number of carbonyl (C=O) groups excluding carboxylic acids is 2. The fourth-order valence-electron chi connectivity index (χ4n) is 3.44. The number of piperidine rings is 1. The Morgan fingerprint density at radius 3 is 2.39 bits per heavy atom. The van der Waals surface area contributed by atoms with Gasteiger partial charge in [0, 0.05) is 25.3 Å². The van der Waals surface area contributed by atoms with Gasteiger partial charge in [-0.2, -0.15) is 0 Å². The summed E-state index contributed by atoms with van der Waals surface area (Å²) in [4.78, 5) is 26.1. The molecule has 6 heteroatoms. The van der Waals surface area contributed by atoms with Crippen molar-refractivity contribution in [1.29, 1.82) is 0 Å². The minimum absolute atomic E-state index is 0.0603. The molecule has 0 aromatic heterocycles. The van der Waals surface area contributed by atoms with Crippen molar-refractivity contribution in [2.24, 2.45) is 5.92 Å². The van der Waals surface area contributed by atoms with Gasteiger partial charge in [0.2, 0.25) is 5.91 Å². The van der Waals surface area contributed by atoms with Gasteiger partial charge in [0.25, 0.3) is 0 Å². The second-order valence-corrected chi connectivity index (χ2v) is 7.13. The lowest BCUT2D eigenvalue weighted by Crippen LogP contribution is -2.41. The Bertz CT molecular complexity index is 789. The molecule has 28 heavy (non-hydrogen) atoms. The first-order valence-electron chi connectivity index (χ1n) is 9.73. The van der Waals surface area contributed by atoms with Crippen LogP contribution in [0.15, 0.2) is 54.6 Å². The summed E-state index contributed by atoms with van der Waals surface area (Å²) < 4.78 is 13.6. The Labute approximate surface area is 164 Å². The number of anilines is 1. The lowest BCUT2D eigenvalue weighted by Gasteiger charge is -2.32. The maximum absolute atomic E-state index is 13.6. The van der Waals surface area contributed by atoms with Gasteiger partial charge < -0.3 is 15.5 Å². The van der Waals surface area contributed by atoms with Crippen LogP contribution < -0.4 is 10.6 Å². The van der Waals surface area contributed by atoms with Crippen molar-refractivity contribution in [3.05, 3.63) is 66.0 Å². The second-order valence-electron chi connectivity index (χ2n) is 7.13. The molecular formula is C22H26FN3O2. The van der Waals surface area contributed by atoms with E-state index in [1.807, 2.05) is 35.2 Å². The van der Waals surface area contributed by atoms with Crippen LogP contribution in [0.3, 0.4) is 0 Å². The summed E-state index contributed by atoms with van der Waals surface area (Å²) in [5, 5.41) is 5.79. The first-order chi connectivity index (χ1) is 13.6. The molecule has 0 radical (unpaired) electrons. The predicted molar refractivity (Wildman–Crippen MR) is 107 cm³/mol. The summed E-state index contributed by atoms with van der Waals surface area (Å²) >= 11 is 0. The van der Waals surface area contributed by atoms with Gasteiger partial charge in [-0.25, -0.2) is 9.18 Å². The fourth-order valence-corrected chi connectivity index (χ4v) is 3.44. The van der Waals surface area contributed by atoms with Gasteiger partial charge in [0.15, 0.2) is 0 Å². The highest BCUT2D eigenvalue weighted by Gasteiger charge is 2.22. The van der Waals surface area contributed by atoms with Crippen LogP contribution in [0.1, 0.15) is 24.8 Å². The number of hydrogen-bond donors (Lipinski definition) is 2. The van der Waals surface area contributed by atoms with Crippen molar-refractivity contribution in [3.63, 3.8) is 0 Å². The largest absolute Gasteiger partial charge is 0.356 e. The summed E-state index contributed by atoms with van der Waals surface area (Å²) in [5.41, 5.74) is 1.21. The lowest BCUT2D eigenvalue weighted by molar-refractivity contribution is -0.120. The highest BCUT2D eigenvalue weighted by atomic mass is 19.1. The molecule has 0 unspecified atom stereocenters. The maximum Gasteiger partial charge on any atom is 0.321 e. The zero-order valence-corrected chi connectivity index (χ0v) is 15.9. The van der Waals surface area contributed by atoms with Crippen LogP contribution in [-0.2, 0) is 11.2 Å². The van der Waals surface area contributed by atoms with Crippen LogP contribution >= 0.6 is 0 Å². The summed E-state index contributed by atoms with van der Waals surface area (Å²) in [6.45, 7) is 2.01. The summed E-state index contributed by atoms with van der Waals surface area (Å²) in [6.07, 6.45) is 2.78. The van der Waals surface area contributed by atoms with E-state index in [9.17, 15) is 14.0 Å². The third-order valence-electron chi connectivity index (χ3n) is 5.11. The molecule has 148 valence electrons. The second kappa shape index (κ2) is 9.88. The van der Waals surface area contributed by atoms with Crippen LogP contribution in [0, 0.1) is 11.7 Å². The first-order valence-corrected chi connectivity index (χ1v) is 9.73. The molecule has 0 bridgehead atoms. The van der Waals surface area contributed by atoms with E-state index in [4.69, 9.17) is 0 Å². The van der Waals surface area contributed by atoms with Crippen LogP contribution in [-0.4, -0.2) is 36.5 Å². The third-order valence-corrected chi connectivity index (χ3v) is 5.11. The molecule has 1 fully saturated rings. The average Bonchev–Trinajstić information content (AvgIpc) is 2.71. The topological polar surface area (TPSA) is 61.4 Å². The average molecular weight is 383 g/mol. The van der Waals surface area contributed by atoms with Gasteiger partial charge in [-0.15, -0.1) is 0 Å². The number of amides is 3. The molecule has 1 heterocycles. The fraction of sp³-hybridized carbons (Fsp3) is 0.364. The standard InChI is InChI=1S/C22H26FN3O2/c23-20-9-5-4-6-18(20)16-21(27)24-13-10-17-11-14-26(15-12-17)22(28)25-19-7-2-1-3-8-19/h1-9,17H,10-16H2,(H,24,27)(H,25,28). The number of rotatable bonds is 6. The number of benzene rings is 2. The minimum atomic E-state index is -0.348. The molecule has 3 rings (SSSR count). The first kappa shape index (κ1) is 19.9. The van der Waals surface area contributed by atoms with Crippen molar-refractivity contribution in [1.82, 2.24) is 10.2 Å². The molecule has 0 atom stereocenters. The van der Waals surface area contributed by atoms with Crippen molar-refractivity contribution in [2.45, 2.75) is 25.7 Å². The van der Waals surface area contributed by atoms with Gasteiger partial charge in [-0.3, -0.25) is 4.79 Å². The number of nitrogens with one attached hydrogen (secondary N) is 2. The monoisotopic (exact) mass is 383 g/mol. The Morgan fingerprint density at radius 1 is 1.00 bits per heavy atom. The number of urea groups is 1. The van der Waals surface area contributed by atoms with E-state index in [1.165, 1.54) is 6.07 Å². The highest BCUT2D eigenvalue weighted by molar-refractivity contribution is 5.89. The number of para-hydroxylation sites is 1. The van der Waals surface area contributed by atoms with E-state index in [0.29, 0.717) is 31.1 Å².